The highest BCUT2D eigenvalue weighted by atomic mass is 35.5. The number of hydrogen-bond acceptors (Lipinski definition) is 5. The van der Waals surface area contributed by atoms with Gasteiger partial charge in [0.15, 0.2) is 0 Å². The third-order valence-electron chi connectivity index (χ3n) is 3.46. The molecule has 0 fully saturated rings. The monoisotopic (exact) mass is 345 g/mol. The second-order valence-corrected chi connectivity index (χ2v) is 5.84. The predicted octanol–water partition coefficient (Wildman–Crippen LogP) is 2.80. The molecule has 124 valence electrons. The van der Waals surface area contributed by atoms with Gasteiger partial charge in [-0.25, -0.2) is 9.67 Å². The van der Waals surface area contributed by atoms with Crippen molar-refractivity contribution in [1.29, 1.82) is 0 Å². The Morgan fingerprint density at radius 1 is 1.33 bits per heavy atom. The Hall–Kier alpha value is -2.67. The van der Waals surface area contributed by atoms with Crippen molar-refractivity contribution in [2.24, 2.45) is 0 Å². The Kier molecular flexibility index (Phi) is 4.35. The van der Waals surface area contributed by atoms with Crippen LogP contribution >= 0.6 is 11.6 Å². The zero-order chi connectivity index (χ0) is 17.3. The van der Waals surface area contributed by atoms with Gasteiger partial charge in [0.25, 0.3) is 5.91 Å². The minimum absolute atomic E-state index is 0.107. The van der Waals surface area contributed by atoms with E-state index in [2.05, 4.69) is 15.2 Å². The van der Waals surface area contributed by atoms with Gasteiger partial charge < -0.3 is 9.42 Å². The maximum atomic E-state index is 12.5. The lowest BCUT2D eigenvalue weighted by atomic mass is 10.3. The molecule has 24 heavy (non-hydrogen) atoms. The second-order valence-electron chi connectivity index (χ2n) is 5.44. The Balaban J connectivity index is 1.83. The number of aryl methyl sites for hydroxylation is 2. The van der Waals surface area contributed by atoms with Crippen LogP contribution < -0.4 is 0 Å². The zero-order valence-corrected chi connectivity index (χ0v) is 14.3. The van der Waals surface area contributed by atoms with Gasteiger partial charge in [-0.05, 0) is 26.0 Å². The highest BCUT2D eigenvalue weighted by Crippen LogP contribution is 2.20. The van der Waals surface area contributed by atoms with Gasteiger partial charge >= 0.3 is 0 Å². The van der Waals surface area contributed by atoms with Crippen molar-refractivity contribution in [2.45, 2.75) is 20.4 Å². The van der Waals surface area contributed by atoms with Crippen molar-refractivity contribution in [3.8, 4) is 5.69 Å². The molecule has 0 atom stereocenters. The van der Waals surface area contributed by atoms with Crippen molar-refractivity contribution < 1.29 is 9.32 Å². The summed E-state index contributed by atoms with van der Waals surface area (Å²) in [7, 11) is 1.66. The van der Waals surface area contributed by atoms with E-state index >= 15 is 0 Å². The molecule has 0 aliphatic carbocycles. The zero-order valence-electron chi connectivity index (χ0n) is 13.5. The predicted molar refractivity (Wildman–Crippen MR) is 88.1 cm³/mol. The summed E-state index contributed by atoms with van der Waals surface area (Å²) >= 11 is 6.19. The van der Waals surface area contributed by atoms with Crippen LogP contribution in [0.1, 0.15) is 27.9 Å². The summed E-state index contributed by atoms with van der Waals surface area (Å²) in [5.41, 5.74) is 1.35. The topological polar surface area (TPSA) is 77.1 Å². The van der Waals surface area contributed by atoms with E-state index in [0.717, 1.165) is 0 Å². The first kappa shape index (κ1) is 16.2. The number of hydrogen-bond donors (Lipinski definition) is 0. The molecule has 0 aliphatic rings. The first-order chi connectivity index (χ1) is 11.5. The van der Waals surface area contributed by atoms with Crippen molar-refractivity contribution in [2.75, 3.05) is 7.05 Å². The number of halogens is 1. The van der Waals surface area contributed by atoms with Gasteiger partial charge in [0.2, 0.25) is 5.82 Å². The van der Waals surface area contributed by atoms with Crippen molar-refractivity contribution in [3.05, 3.63) is 58.5 Å². The second kappa shape index (κ2) is 6.45. The van der Waals surface area contributed by atoms with E-state index in [4.69, 9.17) is 16.1 Å². The SMILES string of the molecule is Cc1cc(CN(C)C(=O)c2nc(C)n(-c3ccccc3Cl)n2)no1. The molecule has 2 heterocycles. The first-order valence-electron chi connectivity index (χ1n) is 7.32. The average molecular weight is 346 g/mol. The van der Waals surface area contributed by atoms with Crippen LogP contribution in [-0.4, -0.2) is 37.8 Å². The maximum absolute atomic E-state index is 12.5. The first-order valence-corrected chi connectivity index (χ1v) is 7.69. The maximum Gasteiger partial charge on any atom is 0.293 e. The van der Waals surface area contributed by atoms with E-state index in [1.54, 1.807) is 37.7 Å². The number of carbonyl (C=O) groups is 1. The summed E-state index contributed by atoms with van der Waals surface area (Å²) < 4.78 is 6.57. The van der Waals surface area contributed by atoms with Gasteiger partial charge in [-0.1, -0.05) is 28.9 Å². The molecule has 0 aliphatic heterocycles. The molecule has 0 N–H and O–H groups in total. The number of aromatic nitrogens is 4. The van der Waals surface area contributed by atoms with Crippen LogP contribution in [0.5, 0.6) is 0 Å². The minimum Gasteiger partial charge on any atom is -0.361 e. The standard InChI is InChI=1S/C16H16ClN5O2/c1-10-8-12(20-24-10)9-21(3)16(23)15-18-11(2)22(19-15)14-7-5-4-6-13(14)17/h4-8H,9H2,1-3H3. The normalized spacial score (nSPS) is 10.8. The Morgan fingerprint density at radius 2 is 2.08 bits per heavy atom. The van der Waals surface area contributed by atoms with E-state index in [1.807, 2.05) is 18.2 Å². The molecule has 0 unspecified atom stereocenters. The van der Waals surface area contributed by atoms with Crippen LogP contribution in [0.4, 0.5) is 0 Å². The van der Waals surface area contributed by atoms with E-state index in [1.165, 1.54) is 4.90 Å². The van der Waals surface area contributed by atoms with Crippen molar-refractivity contribution >= 4 is 17.5 Å². The van der Waals surface area contributed by atoms with Gasteiger partial charge in [-0.2, -0.15) is 0 Å². The fraction of sp³-hybridized carbons (Fsp3) is 0.250. The summed E-state index contributed by atoms with van der Waals surface area (Å²) in [5, 5.41) is 8.71. The van der Waals surface area contributed by atoms with Crippen LogP contribution in [-0.2, 0) is 6.54 Å². The summed E-state index contributed by atoms with van der Waals surface area (Å²) in [6.07, 6.45) is 0. The molecule has 3 aromatic rings. The fourth-order valence-corrected chi connectivity index (χ4v) is 2.53. The quantitative estimate of drug-likeness (QED) is 0.726. The molecular formula is C16H16ClN5O2. The smallest absolute Gasteiger partial charge is 0.293 e. The molecule has 0 saturated heterocycles. The van der Waals surface area contributed by atoms with Gasteiger partial charge in [0, 0.05) is 13.1 Å². The number of amides is 1. The van der Waals surface area contributed by atoms with Crippen molar-refractivity contribution in [3.63, 3.8) is 0 Å². The third kappa shape index (κ3) is 3.16. The molecule has 3 rings (SSSR count). The highest BCUT2D eigenvalue weighted by molar-refractivity contribution is 6.32. The third-order valence-corrected chi connectivity index (χ3v) is 3.78. The number of benzene rings is 1. The summed E-state index contributed by atoms with van der Waals surface area (Å²) in [6.45, 7) is 3.89. The van der Waals surface area contributed by atoms with Crippen LogP contribution in [0, 0.1) is 13.8 Å². The molecule has 1 amide bonds. The molecular weight excluding hydrogens is 330 g/mol. The Morgan fingerprint density at radius 3 is 2.75 bits per heavy atom. The number of para-hydroxylation sites is 1. The Bertz CT molecular complexity index is 886. The van der Waals surface area contributed by atoms with Crippen LogP contribution in [0.2, 0.25) is 5.02 Å². The van der Waals surface area contributed by atoms with E-state index in [-0.39, 0.29) is 11.7 Å². The fourth-order valence-electron chi connectivity index (χ4n) is 2.31. The lowest BCUT2D eigenvalue weighted by Gasteiger charge is -2.12. The van der Waals surface area contributed by atoms with Gasteiger partial charge in [-0.15, -0.1) is 5.10 Å². The van der Waals surface area contributed by atoms with Crippen molar-refractivity contribution in [1.82, 2.24) is 24.8 Å². The summed E-state index contributed by atoms with van der Waals surface area (Å²) in [6, 6.07) is 9.05. The molecule has 7 nitrogen and oxygen atoms in total. The van der Waals surface area contributed by atoms with Gasteiger partial charge in [0.1, 0.15) is 17.3 Å². The minimum atomic E-state index is -0.301. The Labute approximate surface area is 143 Å². The molecule has 0 radical (unpaired) electrons. The van der Waals surface area contributed by atoms with E-state index < -0.39 is 0 Å². The molecule has 8 heteroatoms. The van der Waals surface area contributed by atoms with Gasteiger partial charge in [-0.3, -0.25) is 4.79 Å². The molecule has 0 spiro atoms. The van der Waals surface area contributed by atoms with E-state index in [0.29, 0.717) is 34.5 Å². The van der Waals surface area contributed by atoms with Gasteiger partial charge in [0.05, 0.1) is 17.3 Å². The van der Waals surface area contributed by atoms with Crippen LogP contribution in [0.15, 0.2) is 34.9 Å². The van der Waals surface area contributed by atoms with Crippen LogP contribution in [0.25, 0.3) is 5.69 Å². The lowest BCUT2D eigenvalue weighted by Crippen LogP contribution is -2.27. The van der Waals surface area contributed by atoms with E-state index in [9.17, 15) is 4.79 Å². The number of nitrogens with zero attached hydrogens (tertiary/aromatic N) is 5. The molecule has 0 bridgehead atoms. The number of rotatable bonds is 4. The lowest BCUT2D eigenvalue weighted by molar-refractivity contribution is 0.0770. The molecule has 2 aromatic heterocycles. The van der Waals surface area contributed by atoms with Crippen LogP contribution in [0.3, 0.4) is 0 Å². The summed E-state index contributed by atoms with van der Waals surface area (Å²) in [5.74, 6) is 1.08. The number of carbonyl (C=O) groups excluding carboxylic acids is 1. The molecule has 0 saturated carbocycles. The summed E-state index contributed by atoms with van der Waals surface area (Å²) in [4.78, 5) is 18.3. The molecule has 1 aromatic carbocycles. The largest absolute Gasteiger partial charge is 0.361 e. The highest BCUT2D eigenvalue weighted by Gasteiger charge is 2.20. The average Bonchev–Trinajstić information content (AvgIpc) is 3.13.